The van der Waals surface area contributed by atoms with Gasteiger partial charge in [0.05, 0.1) is 41.0 Å². The lowest BCUT2D eigenvalue weighted by atomic mass is 9.91. The smallest absolute Gasteiger partial charge is 0.269 e. The SMILES string of the molecule is CCC1c2c(cnn2C2CN(Cc3cccc(=O)[nH]3)C2)-c2cccc(NC(/C=C(\N)NC(=O)C3CC3)=C(/N)C(=O)NC3CC3)c2N1C. The number of amides is 2. The first-order valence-electron chi connectivity index (χ1n) is 16.4. The summed E-state index contributed by atoms with van der Waals surface area (Å²) in [5.74, 6) is -0.413. The van der Waals surface area contributed by atoms with Gasteiger partial charge < -0.3 is 37.3 Å². The van der Waals surface area contributed by atoms with E-state index in [-0.39, 0.29) is 52.9 Å². The third kappa shape index (κ3) is 6.22. The van der Waals surface area contributed by atoms with Gasteiger partial charge in [-0.05, 0) is 44.2 Å². The highest BCUT2D eigenvalue weighted by molar-refractivity contribution is 5.96. The Bertz CT molecular complexity index is 1830. The van der Waals surface area contributed by atoms with E-state index in [2.05, 4.69) is 55.5 Å². The molecule has 4 aliphatic rings. The maximum absolute atomic E-state index is 13.1. The number of H-pyrrole nitrogens is 1. The molecule has 4 heterocycles. The fourth-order valence-corrected chi connectivity index (χ4v) is 6.62. The maximum Gasteiger partial charge on any atom is 0.269 e. The molecule has 2 aliphatic carbocycles. The Morgan fingerprint density at radius 2 is 1.83 bits per heavy atom. The summed E-state index contributed by atoms with van der Waals surface area (Å²) in [6, 6.07) is 11.6. The predicted octanol–water partition coefficient (Wildman–Crippen LogP) is 2.38. The number of nitrogens with one attached hydrogen (secondary N) is 4. The van der Waals surface area contributed by atoms with E-state index in [4.69, 9.17) is 16.6 Å². The molecule has 13 heteroatoms. The van der Waals surface area contributed by atoms with Crippen molar-refractivity contribution in [3.63, 3.8) is 0 Å². The van der Waals surface area contributed by atoms with Crippen LogP contribution >= 0.6 is 0 Å². The maximum atomic E-state index is 13.1. The van der Waals surface area contributed by atoms with Crippen LogP contribution in [0.25, 0.3) is 11.1 Å². The highest BCUT2D eigenvalue weighted by Crippen LogP contribution is 2.49. The van der Waals surface area contributed by atoms with Gasteiger partial charge in [-0.3, -0.25) is 24.0 Å². The number of para-hydroxylation sites is 1. The first-order chi connectivity index (χ1) is 22.7. The van der Waals surface area contributed by atoms with Crippen molar-refractivity contribution in [1.82, 2.24) is 30.3 Å². The zero-order chi connectivity index (χ0) is 32.8. The Kier molecular flexibility index (Phi) is 8.00. The molecule has 8 N–H and O–H groups in total. The Morgan fingerprint density at radius 3 is 2.53 bits per heavy atom. The number of fused-ring (bicyclic) bond motifs is 3. The van der Waals surface area contributed by atoms with Crippen LogP contribution in [0.1, 0.15) is 62.5 Å². The first-order valence-corrected chi connectivity index (χ1v) is 16.4. The molecule has 1 atom stereocenters. The molecule has 2 aromatic heterocycles. The summed E-state index contributed by atoms with van der Waals surface area (Å²) in [5, 5.41) is 14.0. The fraction of sp³-hybridized carbons (Fsp3) is 0.412. The number of nitrogens with zero attached hydrogens (tertiary/aromatic N) is 4. The van der Waals surface area contributed by atoms with Gasteiger partial charge >= 0.3 is 0 Å². The lowest BCUT2D eigenvalue weighted by molar-refractivity contribution is -0.121. The second kappa shape index (κ2) is 12.3. The average Bonchev–Trinajstić information content (AvgIpc) is 3.97. The van der Waals surface area contributed by atoms with Gasteiger partial charge in [-0.15, -0.1) is 0 Å². The summed E-state index contributed by atoms with van der Waals surface area (Å²) in [5.41, 5.74) is 18.8. The summed E-state index contributed by atoms with van der Waals surface area (Å²) in [6.45, 7) is 4.52. The van der Waals surface area contributed by atoms with Crippen LogP contribution in [0, 0.1) is 5.92 Å². The van der Waals surface area contributed by atoms with Gasteiger partial charge in [0.25, 0.3) is 5.91 Å². The molecule has 2 amide bonds. The molecule has 2 saturated carbocycles. The lowest BCUT2D eigenvalue weighted by Gasteiger charge is -2.43. The van der Waals surface area contributed by atoms with Gasteiger partial charge in [-0.2, -0.15) is 5.10 Å². The van der Waals surface area contributed by atoms with Gasteiger partial charge in [-0.1, -0.05) is 25.1 Å². The second-order valence-electron chi connectivity index (χ2n) is 13.1. The minimum atomic E-state index is -0.381. The number of likely N-dealkylation sites (tertiary alicyclic amines) is 1. The number of hydrogen-bond acceptors (Lipinski definition) is 9. The molecule has 47 heavy (non-hydrogen) atoms. The molecule has 0 bridgehead atoms. The van der Waals surface area contributed by atoms with E-state index in [1.54, 1.807) is 6.07 Å². The van der Waals surface area contributed by atoms with Crippen LogP contribution in [0.3, 0.4) is 0 Å². The molecule has 1 unspecified atom stereocenters. The van der Waals surface area contributed by atoms with E-state index in [0.717, 1.165) is 73.4 Å². The van der Waals surface area contributed by atoms with Gasteiger partial charge in [0.2, 0.25) is 11.5 Å². The monoisotopic (exact) mass is 638 g/mol. The molecule has 246 valence electrons. The molecule has 3 fully saturated rings. The van der Waals surface area contributed by atoms with Crippen LogP contribution < -0.4 is 37.9 Å². The van der Waals surface area contributed by atoms with E-state index < -0.39 is 0 Å². The number of anilines is 2. The summed E-state index contributed by atoms with van der Waals surface area (Å²) in [4.78, 5) is 44.7. The Hall–Kier alpha value is -5.04. The zero-order valence-corrected chi connectivity index (χ0v) is 26.8. The van der Waals surface area contributed by atoms with Crippen LogP contribution in [0.4, 0.5) is 11.4 Å². The number of aromatic nitrogens is 3. The largest absolute Gasteiger partial charge is 0.393 e. The number of aromatic amines is 1. The molecular formula is C34H42N10O3. The van der Waals surface area contributed by atoms with Crippen LogP contribution in [0.15, 0.2) is 70.7 Å². The van der Waals surface area contributed by atoms with Crippen LogP contribution in [0.5, 0.6) is 0 Å². The van der Waals surface area contributed by atoms with E-state index in [0.29, 0.717) is 12.2 Å². The summed E-state index contributed by atoms with van der Waals surface area (Å²) in [6.07, 6.45) is 7.87. The topological polar surface area (TPSA) is 179 Å². The number of pyridine rings is 1. The molecular weight excluding hydrogens is 596 g/mol. The van der Waals surface area contributed by atoms with Crippen molar-refractivity contribution in [1.29, 1.82) is 0 Å². The van der Waals surface area contributed by atoms with Crippen molar-refractivity contribution in [3.05, 3.63) is 87.6 Å². The highest BCUT2D eigenvalue weighted by Gasteiger charge is 2.38. The molecule has 7 rings (SSSR count). The van der Waals surface area contributed by atoms with E-state index in [9.17, 15) is 14.4 Å². The third-order valence-corrected chi connectivity index (χ3v) is 9.42. The van der Waals surface area contributed by atoms with Crippen molar-refractivity contribution < 1.29 is 9.59 Å². The van der Waals surface area contributed by atoms with Crippen LogP contribution in [-0.2, 0) is 16.1 Å². The normalized spacial score (nSPS) is 20.1. The third-order valence-electron chi connectivity index (χ3n) is 9.42. The van der Waals surface area contributed by atoms with Crippen molar-refractivity contribution in [2.45, 2.75) is 63.7 Å². The number of allylic oxidation sites excluding steroid dienone is 1. The van der Waals surface area contributed by atoms with E-state index in [1.165, 1.54) is 17.8 Å². The van der Waals surface area contributed by atoms with Crippen molar-refractivity contribution >= 4 is 23.2 Å². The Labute approximate surface area is 273 Å². The van der Waals surface area contributed by atoms with Gasteiger partial charge in [0, 0.05) is 67.6 Å². The number of hydrogen-bond donors (Lipinski definition) is 6. The Balaban J connectivity index is 1.18. The van der Waals surface area contributed by atoms with E-state index >= 15 is 0 Å². The van der Waals surface area contributed by atoms with E-state index in [1.807, 2.05) is 24.4 Å². The minimum Gasteiger partial charge on any atom is -0.393 e. The molecule has 2 aliphatic heterocycles. The second-order valence-corrected chi connectivity index (χ2v) is 13.1. The fourth-order valence-electron chi connectivity index (χ4n) is 6.62. The summed E-state index contributed by atoms with van der Waals surface area (Å²) >= 11 is 0. The number of benzene rings is 1. The number of rotatable bonds is 11. The average molecular weight is 639 g/mol. The quantitative estimate of drug-likeness (QED) is 0.136. The molecule has 0 radical (unpaired) electrons. The minimum absolute atomic E-state index is 0.00810. The molecule has 3 aromatic rings. The number of carbonyl (C=O) groups excluding carboxylic acids is 2. The number of carbonyl (C=O) groups is 2. The first kappa shape index (κ1) is 30.6. The van der Waals surface area contributed by atoms with Crippen molar-refractivity contribution in [3.8, 4) is 11.1 Å². The van der Waals surface area contributed by atoms with Gasteiger partial charge in [-0.25, -0.2) is 0 Å². The van der Waals surface area contributed by atoms with Crippen LogP contribution in [0.2, 0.25) is 0 Å². The standard InChI is InChI=1S/C34H42N10O3/c1-3-27-32-24(15-37-44(32)22-17-43(18-22)16-21-6-4-9-29(45)38-21)23-7-5-8-25(31(23)42(27)2)40-26(30(36)34(47)39-20-12-13-20)14-28(35)41-33(46)19-10-11-19/h4-9,14-15,19-20,22,27,40H,3,10-13,16-18,35-36H2,1-2H3,(H,38,45)(H,39,47)(H,41,46)/b28-14+,30-26+. The number of nitrogens with two attached hydrogens (primary N) is 2. The van der Waals surface area contributed by atoms with Gasteiger partial charge in [0.15, 0.2) is 0 Å². The molecule has 0 spiro atoms. The Morgan fingerprint density at radius 1 is 1.06 bits per heavy atom. The zero-order valence-electron chi connectivity index (χ0n) is 26.8. The predicted molar refractivity (Wildman–Crippen MR) is 180 cm³/mol. The van der Waals surface area contributed by atoms with Gasteiger partial charge in [0.1, 0.15) is 11.5 Å². The summed E-state index contributed by atoms with van der Waals surface area (Å²) in [7, 11) is 2.07. The molecule has 1 saturated heterocycles. The lowest BCUT2D eigenvalue weighted by Crippen LogP contribution is -2.48. The molecule has 13 nitrogen and oxygen atoms in total. The summed E-state index contributed by atoms with van der Waals surface area (Å²) < 4.78 is 2.17. The highest BCUT2D eigenvalue weighted by atomic mass is 16.2. The van der Waals surface area contributed by atoms with Crippen molar-refractivity contribution in [2.75, 3.05) is 30.4 Å². The van der Waals surface area contributed by atoms with Crippen molar-refractivity contribution in [2.24, 2.45) is 17.4 Å². The molecule has 1 aromatic carbocycles. The van der Waals surface area contributed by atoms with Crippen LogP contribution in [-0.4, -0.2) is 57.7 Å².